The number of piperidine rings is 1. The Labute approximate surface area is 123 Å². The number of hydrogen-bond acceptors (Lipinski definition) is 4. The molecule has 0 aliphatic carbocycles. The third kappa shape index (κ3) is 4.58. The van der Waals surface area contributed by atoms with Gasteiger partial charge in [0.1, 0.15) is 0 Å². The molecule has 2 rings (SSSR count). The van der Waals surface area contributed by atoms with Gasteiger partial charge in [0.2, 0.25) is 15.9 Å². The van der Waals surface area contributed by atoms with Crippen LogP contribution in [0, 0.1) is 5.92 Å². The van der Waals surface area contributed by atoms with Crippen LogP contribution in [0.2, 0.25) is 0 Å². The second-order valence-electron chi connectivity index (χ2n) is 5.84. The Morgan fingerprint density at radius 2 is 2.00 bits per heavy atom. The number of rotatable bonds is 4. The van der Waals surface area contributed by atoms with Crippen molar-refractivity contribution < 1.29 is 22.0 Å². The van der Waals surface area contributed by atoms with Crippen molar-refractivity contribution >= 4 is 15.9 Å². The second-order valence-corrected chi connectivity index (χ2v) is 7.83. The third-order valence-corrected chi connectivity index (χ3v) is 5.34. The number of halogens is 2. The summed E-state index contributed by atoms with van der Waals surface area (Å²) < 4.78 is 50.2. The van der Waals surface area contributed by atoms with Crippen molar-refractivity contribution in [2.75, 3.05) is 32.4 Å². The van der Waals surface area contributed by atoms with Crippen LogP contribution in [0.25, 0.3) is 0 Å². The van der Waals surface area contributed by atoms with Crippen LogP contribution in [0.15, 0.2) is 0 Å². The Bertz CT molecular complexity index is 490. The van der Waals surface area contributed by atoms with Gasteiger partial charge in [0.05, 0.1) is 18.8 Å². The zero-order valence-electron chi connectivity index (χ0n) is 11.9. The van der Waals surface area contributed by atoms with Gasteiger partial charge in [0, 0.05) is 26.1 Å². The van der Waals surface area contributed by atoms with Crippen LogP contribution in [0.4, 0.5) is 8.78 Å². The van der Waals surface area contributed by atoms with Gasteiger partial charge in [0.15, 0.2) is 0 Å². The molecule has 2 aliphatic rings. The van der Waals surface area contributed by atoms with Gasteiger partial charge in [-0.2, -0.15) is 0 Å². The largest absolute Gasteiger partial charge is 0.354 e. The summed E-state index contributed by atoms with van der Waals surface area (Å²) in [4.78, 5) is 11.8. The standard InChI is InChI=1S/C12H21F2N3O3S/c1-21(19,20)17-4-2-9(3-5-17)7-15-11(18)10-6-12(13,14)8-16-10/h9-10,16H,2-8H2,1H3,(H,15,18). The molecule has 0 aromatic rings. The molecular formula is C12H21F2N3O3S. The molecule has 0 saturated carbocycles. The summed E-state index contributed by atoms with van der Waals surface area (Å²) in [6.45, 7) is 0.830. The summed E-state index contributed by atoms with van der Waals surface area (Å²) in [5, 5.41) is 5.19. The van der Waals surface area contributed by atoms with Gasteiger partial charge in [-0.15, -0.1) is 0 Å². The molecule has 2 fully saturated rings. The quantitative estimate of drug-likeness (QED) is 0.748. The molecule has 2 heterocycles. The van der Waals surface area contributed by atoms with Crippen molar-refractivity contribution in [3.63, 3.8) is 0 Å². The summed E-state index contributed by atoms with van der Waals surface area (Å²) in [6, 6.07) is -0.837. The lowest BCUT2D eigenvalue weighted by molar-refractivity contribution is -0.123. The fourth-order valence-corrected chi connectivity index (χ4v) is 3.59. The molecule has 2 N–H and O–H groups in total. The van der Waals surface area contributed by atoms with Crippen LogP contribution in [0.1, 0.15) is 19.3 Å². The van der Waals surface area contributed by atoms with Crippen LogP contribution in [-0.2, 0) is 14.8 Å². The maximum absolute atomic E-state index is 13.0. The normalized spacial score (nSPS) is 27.7. The number of amides is 1. The molecule has 0 bridgehead atoms. The number of nitrogens with one attached hydrogen (secondary N) is 2. The molecule has 9 heteroatoms. The molecule has 6 nitrogen and oxygen atoms in total. The Hall–Kier alpha value is -0.800. The van der Waals surface area contributed by atoms with Crippen molar-refractivity contribution in [1.29, 1.82) is 0 Å². The van der Waals surface area contributed by atoms with E-state index in [1.807, 2.05) is 0 Å². The molecule has 1 atom stereocenters. The fourth-order valence-electron chi connectivity index (χ4n) is 2.71. The summed E-state index contributed by atoms with van der Waals surface area (Å²) in [6.07, 6.45) is 2.05. The number of sulfonamides is 1. The molecule has 1 unspecified atom stereocenters. The molecule has 2 aliphatic heterocycles. The molecular weight excluding hydrogens is 304 g/mol. The highest BCUT2D eigenvalue weighted by atomic mass is 32.2. The predicted octanol–water partition coefficient (Wildman–Crippen LogP) is -0.229. The van der Waals surface area contributed by atoms with Gasteiger partial charge in [-0.05, 0) is 18.8 Å². The minimum absolute atomic E-state index is 0.189. The zero-order valence-corrected chi connectivity index (χ0v) is 12.8. The van der Waals surface area contributed by atoms with E-state index < -0.39 is 40.9 Å². The fraction of sp³-hybridized carbons (Fsp3) is 0.917. The number of alkyl halides is 2. The molecule has 0 spiro atoms. The maximum atomic E-state index is 13.0. The topological polar surface area (TPSA) is 78.5 Å². The van der Waals surface area contributed by atoms with E-state index >= 15 is 0 Å². The number of hydrogen-bond donors (Lipinski definition) is 2. The Morgan fingerprint density at radius 1 is 1.38 bits per heavy atom. The first kappa shape index (κ1) is 16.6. The van der Waals surface area contributed by atoms with E-state index in [1.54, 1.807) is 0 Å². The number of carbonyl (C=O) groups is 1. The van der Waals surface area contributed by atoms with E-state index in [9.17, 15) is 22.0 Å². The predicted molar refractivity (Wildman–Crippen MR) is 73.5 cm³/mol. The summed E-state index contributed by atoms with van der Waals surface area (Å²) in [7, 11) is -3.15. The second kappa shape index (κ2) is 6.13. The van der Waals surface area contributed by atoms with Crippen molar-refractivity contribution in [2.24, 2.45) is 5.92 Å². The van der Waals surface area contributed by atoms with Gasteiger partial charge in [-0.25, -0.2) is 21.5 Å². The van der Waals surface area contributed by atoms with E-state index in [-0.39, 0.29) is 5.92 Å². The smallest absolute Gasteiger partial charge is 0.262 e. The zero-order chi connectivity index (χ0) is 15.7. The van der Waals surface area contributed by atoms with Crippen LogP contribution in [0.5, 0.6) is 0 Å². The molecule has 122 valence electrons. The Kier molecular flexibility index (Phi) is 4.84. The van der Waals surface area contributed by atoms with Gasteiger partial charge in [-0.1, -0.05) is 0 Å². The molecule has 0 radical (unpaired) electrons. The number of nitrogens with zero attached hydrogens (tertiary/aromatic N) is 1. The van der Waals surface area contributed by atoms with Crippen molar-refractivity contribution in [1.82, 2.24) is 14.9 Å². The SMILES string of the molecule is CS(=O)(=O)N1CCC(CNC(=O)C2CC(F)(F)CN2)CC1. The highest BCUT2D eigenvalue weighted by Gasteiger charge is 2.42. The minimum atomic E-state index is -3.15. The molecule has 2 saturated heterocycles. The lowest BCUT2D eigenvalue weighted by Crippen LogP contribution is -2.45. The van der Waals surface area contributed by atoms with Crippen molar-refractivity contribution in [3.8, 4) is 0 Å². The highest BCUT2D eigenvalue weighted by molar-refractivity contribution is 7.88. The van der Waals surface area contributed by atoms with Gasteiger partial charge < -0.3 is 5.32 Å². The van der Waals surface area contributed by atoms with E-state index in [4.69, 9.17) is 0 Å². The number of carbonyl (C=O) groups excluding carboxylic acids is 1. The first-order chi connectivity index (χ1) is 9.67. The highest BCUT2D eigenvalue weighted by Crippen LogP contribution is 2.25. The van der Waals surface area contributed by atoms with Crippen LogP contribution in [0.3, 0.4) is 0 Å². The molecule has 0 aromatic heterocycles. The first-order valence-electron chi connectivity index (χ1n) is 7.01. The maximum Gasteiger partial charge on any atom is 0.262 e. The van der Waals surface area contributed by atoms with Crippen molar-refractivity contribution in [3.05, 3.63) is 0 Å². The molecule has 21 heavy (non-hydrogen) atoms. The summed E-state index contributed by atoms with van der Waals surface area (Å²) >= 11 is 0. The Balaban J connectivity index is 1.72. The van der Waals surface area contributed by atoms with Crippen molar-refractivity contribution in [2.45, 2.75) is 31.2 Å². The molecule has 1 amide bonds. The summed E-state index contributed by atoms with van der Waals surface area (Å²) in [5.41, 5.74) is 0. The van der Waals surface area contributed by atoms with E-state index in [0.29, 0.717) is 32.5 Å². The average molecular weight is 325 g/mol. The lowest BCUT2D eigenvalue weighted by atomic mass is 9.98. The summed E-state index contributed by atoms with van der Waals surface area (Å²) in [5.74, 6) is -3.03. The van der Waals surface area contributed by atoms with E-state index in [0.717, 1.165) is 0 Å². The van der Waals surface area contributed by atoms with Crippen LogP contribution in [-0.4, -0.2) is 63.0 Å². The first-order valence-corrected chi connectivity index (χ1v) is 8.86. The lowest BCUT2D eigenvalue weighted by Gasteiger charge is -2.30. The third-order valence-electron chi connectivity index (χ3n) is 4.03. The average Bonchev–Trinajstić information content (AvgIpc) is 2.76. The van der Waals surface area contributed by atoms with Crippen LogP contribution < -0.4 is 10.6 Å². The monoisotopic (exact) mass is 325 g/mol. The van der Waals surface area contributed by atoms with Crippen LogP contribution >= 0.6 is 0 Å². The van der Waals surface area contributed by atoms with E-state index in [2.05, 4.69) is 10.6 Å². The van der Waals surface area contributed by atoms with Gasteiger partial charge in [-0.3, -0.25) is 10.1 Å². The van der Waals surface area contributed by atoms with Gasteiger partial charge in [0.25, 0.3) is 5.92 Å². The minimum Gasteiger partial charge on any atom is -0.354 e. The Morgan fingerprint density at radius 3 is 2.48 bits per heavy atom. The van der Waals surface area contributed by atoms with Gasteiger partial charge >= 0.3 is 0 Å². The molecule has 0 aromatic carbocycles. The van der Waals surface area contributed by atoms with E-state index in [1.165, 1.54) is 10.6 Å².